The molecule has 0 saturated heterocycles. The molecule has 0 heterocycles. The monoisotopic (exact) mass is 212 g/mol. The minimum Gasteiger partial charge on any atom is -0.388 e. The molecule has 0 bridgehead atoms. The number of ether oxygens (including phenoxy) is 1. The van der Waals surface area contributed by atoms with Crippen LogP contribution in [0.15, 0.2) is 18.2 Å². The highest BCUT2D eigenvalue weighted by Gasteiger charge is 2.15. The average Bonchev–Trinajstić information content (AvgIpc) is 2.21. The summed E-state index contributed by atoms with van der Waals surface area (Å²) in [5.41, 5.74) is 1.29. The Labute approximate surface area is 89.7 Å². The number of aryl methyl sites for hydroxylation is 1. The molecule has 0 radical (unpaired) electrons. The van der Waals surface area contributed by atoms with E-state index >= 15 is 0 Å². The van der Waals surface area contributed by atoms with E-state index in [1.165, 1.54) is 6.07 Å². The lowest BCUT2D eigenvalue weighted by atomic mass is 10.0. The molecular formula is C12H17FO2. The van der Waals surface area contributed by atoms with Crippen molar-refractivity contribution in [2.45, 2.75) is 32.5 Å². The van der Waals surface area contributed by atoms with Gasteiger partial charge in [0.1, 0.15) is 5.82 Å². The zero-order valence-electron chi connectivity index (χ0n) is 9.33. The molecule has 2 nitrogen and oxygen atoms in total. The molecule has 0 spiro atoms. The van der Waals surface area contributed by atoms with Crippen LogP contribution in [0.1, 0.15) is 30.6 Å². The smallest absolute Gasteiger partial charge is 0.129 e. The Morgan fingerprint density at radius 2 is 2.13 bits per heavy atom. The van der Waals surface area contributed by atoms with Crippen LogP contribution in [-0.2, 0) is 4.74 Å². The largest absolute Gasteiger partial charge is 0.388 e. The van der Waals surface area contributed by atoms with Crippen molar-refractivity contribution < 1.29 is 14.2 Å². The number of aliphatic hydroxyl groups excluding tert-OH is 1. The van der Waals surface area contributed by atoms with Gasteiger partial charge in [0.2, 0.25) is 0 Å². The highest BCUT2D eigenvalue weighted by atomic mass is 19.1. The van der Waals surface area contributed by atoms with Gasteiger partial charge >= 0.3 is 0 Å². The number of hydrogen-bond donors (Lipinski definition) is 1. The minimum atomic E-state index is -0.806. The first-order valence-corrected chi connectivity index (χ1v) is 5.01. The van der Waals surface area contributed by atoms with Gasteiger partial charge in [-0.15, -0.1) is 0 Å². The predicted molar refractivity (Wildman–Crippen MR) is 57.2 cm³/mol. The van der Waals surface area contributed by atoms with E-state index in [-0.39, 0.29) is 11.9 Å². The zero-order chi connectivity index (χ0) is 11.4. The van der Waals surface area contributed by atoms with Crippen molar-refractivity contribution in [3.8, 4) is 0 Å². The molecule has 0 aromatic heterocycles. The number of methoxy groups -OCH3 is 1. The van der Waals surface area contributed by atoms with Gasteiger partial charge in [-0.25, -0.2) is 4.39 Å². The van der Waals surface area contributed by atoms with Crippen molar-refractivity contribution >= 4 is 0 Å². The van der Waals surface area contributed by atoms with E-state index in [4.69, 9.17) is 4.74 Å². The fourth-order valence-electron chi connectivity index (χ4n) is 1.46. The fourth-order valence-corrected chi connectivity index (χ4v) is 1.46. The van der Waals surface area contributed by atoms with Gasteiger partial charge < -0.3 is 9.84 Å². The summed E-state index contributed by atoms with van der Waals surface area (Å²) in [4.78, 5) is 0. The summed E-state index contributed by atoms with van der Waals surface area (Å²) in [7, 11) is 1.57. The van der Waals surface area contributed by atoms with Gasteiger partial charge in [0.15, 0.2) is 0 Å². The summed E-state index contributed by atoms with van der Waals surface area (Å²) >= 11 is 0. The van der Waals surface area contributed by atoms with Crippen LogP contribution in [0.2, 0.25) is 0 Å². The third-order valence-corrected chi connectivity index (χ3v) is 2.47. The summed E-state index contributed by atoms with van der Waals surface area (Å²) in [6, 6.07) is 4.74. The third kappa shape index (κ3) is 3.29. The quantitative estimate of drug-likeness (QED) is 0.831. The molecule has 0 aliphatic rings. The van der Waals surface area contributed by atoms with Crippen LogP contribution in [0, 0.1) is 12.7 Å². The molecule has 0 aliphatic carbocycles. The number of benzene rings is 1. The molecule has 2 unspecified atom stereocenters. The highest BCUT2D eigenvalue weighted by Crippen LogP contribution is 2.23. The Kier molecular flexibility index (Phi) is 4.24. The first kappa shape index (κ1) is 12.1. The zero-order valence-corrected chi connectivity index (χ0v) is 9.33. The molecule has 1 aromatic carbocycles. The maximum Gasteiger partial charge on any atom is 0.129 e. The van der Waals surface area contributed by atoms with Gasteiger partial charge in [0.05, 0.1) is 12.2 Å². The molecular weight excluding hydrogens is 195 g/mol. The lowest BCUT2D eigenvalue weighted by molar-refractivity contribution is 0.0546. The summed E-state index contributed by atoms with van der Waals surface area (Å²) in [6.07, 6.45) is -0.489. The minimum absolute atomic E-state index is 0.0834. The molecule has 2 atom stereocenters. The van der Waals surface area contributed by atoms with Crippen molar-refractivity contribution in [1.29, 1.82) is 0 Å². The molecule has 1 aromatic rings. The molecule has 0 aliphatic heterocycles. The Balaban J connectivity index is 2.80. The Bertz CT molecular complexity index is 325. The molecule has 3 heteroatoms. The van der Waals surface area contributed by atoms with Crippen molar-refractivity contribution in [3.05, 3.63) is 35.1 Å². The van der Waals surface area contributed by atoms with E-state index in [9.17, 15) is 9.50 Å². The lowest BCUT2D eigenvalue weighted by Crippen LogP contribution is -2.12. The molecule has 0 saturated carbocycles. The average molecular weight is 212 g/mol. The summed E-state index contributed by atoms with van der Waals surface area (Å²) in [5.74, 6) is -0.364. The summed E-state index contributed by atoms with van der Waals surface area (Å²) in [6.45, 7) is 3.71. The standard InChI is InChI=1S/C12H17FO2/c1-8-4-5-11(13)10(6-8)12(14)7-9(2)15-3/h4-6,9,12,14H,7H2,1-3H3. The number of rotatable bonds is 4. The second kappa shape index (κ2) is 5.24. The first-order valence-electron chi connectivity index (χ1n) is 5.01. The molecule has 0 amide bonds. The lowest BCUT2D eigenvalue weighted by Gasteiger charge is -2.16. The van der Waals surface area contributed by atoms with Crippen molar-refractivity contribution in [2.24, 2.45) is 0 Å². The van der Waals surface area contributed by atoms with E-state index in [1.807, 2.05) is 13.8 Å². The normalized spacial score (nSPS) is 15.0. The molecule has 84 valence electrons. The van der Waals surface area contributed by atoms with Crippen molar-refractivity contribution in [3.63, 3.8) is 0 Å². The van der Waals surface area contributed by atoms with Gasteiger partial charge in [0, 0.05) is 19.1 Å². The summed E-state index contributed by atoms with van der Waals surface area (Å²) < 4.78 is 18.4. The van der Waals surface area contributed by atoms with E-state index in [0.29, 0.717) is 12.0 Å². The van der Waals surface area contributed by atoms with Crippen LogP contribution in [-0.4, -0.2) is 18.3 Å². The summed E-state index contributed by atoms with van der Waals surface area (Å²) in [5, 5.41) is 9.81. The van der Waals surface area contributed by atoms with Gasteiger partial charge in [-0.05, 0) is 19.9 Å². The number of halogens is 1. The van der Waals surface area contributed by atoms with Gasteiger partial charge in [-0.3, -0.25) is 0 Å². The van der Waals surface area contributed by atoms with Crippen LogP contribution in [0.3, 0.4) is 0 Å². The SMILES string of the molecule is COC(C)CC(O)c1cc(C)ccc1F. The van der Waals surface area contributed by atoms with Crippen LogP contribution in [0.25, 0.3) is 0 Å². The Morgan fingerprint density at radius 1 is 1.47 bits per heavy atom. The predicted octanol–water partition coefficient (Wildman–Crippen LogP) is 2.59. The van der Waals surface area contributed by atoms with Gasteiger partial charge in [-0.1, -0.05) is 17.7 Å². The van der Waals surface area contributed by atoms with Crippen LogP contribution in [0.4, 0.5) is 4.39 Å². The van der Waals surface area contributed by atoms with Crippen LogP contribution < -0.4 is 0 Å². The second-order valence-electron chi connectivity index (χ2n) is 3.82. The number of aliphatic hydroxyl groups is 1. The van der Waals surface area contributed by atoms with Gasteiger partial charge in [-0.2, -0.15) is 0 Å². The number of hydrogen-bond acceptors (Lipinski definition) is 2. The molecule has 15 heavy (non-hydrogen) atoms. The molecule has 1 N–H and O–H groups in total. The van der Waals surface area contributed by atoms with Gasteiger partial charge in [0.25, 0.3) is 0 Å². The first-order chi connectivity index (χ1) is 7.04. The fraction of sp³-hybridized carbons (Fsp3) is 0.500. The van der Waals surface area contributed by atoms with E-state index in [2.05, 4.69) is 0 Å². The highest BCUT2D eigenvalue weighted by molar-refractivity contribution is 5.25. The van der Waals surface area contributed by atoms with E-state index in [1.54, 1.807) is 19.2 Å². The van der Waals surface area contributed by atoms with Crippen molar-refractivity contribution in [2.75, 3.05) is 7.11 Å². The van der Waals surface area contributed by atoms with Crippen molar-refractivity contribution in [1.82, 2.24) is 0 Å². The van der Waals surface area contributed by atoms with Crippen LogP contribution in [0.5, 0.6) is 0 Å². The molecule has 1 rings (SSSR count). The maximum absolute atomic E-state index is 13.4. The Hall–Kier alpha value is -0.930. The Morgan fingerprint density at radius 3 is 2.73 bits per heavy atom. The van der Waals surface area contributed by atoms with Crippen LogP contribution >= 0.6 is 0 Å². The topological polar surface area (TPSA) is 29.5 Å². The maximum atomic E-state index is 13.4. The van der Waals surface area contributed by atoms with E-state index in [0.717, 1.165) is 5.56 Å². The van der Waals surface area contributed by atoms with E-state index < -0.39 is 6.10 Å². The third-order valence-electron chi connectivity index (χ3n) is 2.47. The second-order valence-corrected chi connectivity index (χ2v) is 3.82. The molecule has 0 fully saturated rings.